The number of benzene rings is 1. The average molecular weight is 502 g/mol. The molecule has 1 amide bonds. The molecule has 0 aliphatic heterocycles. The lowest BCUT2D eigenvalue weighted by Gasteiger charge is -2.55. The summed E-state index contributed by atoms with van der Waals surface area (Å²) in [6, 6.07) is 9.15. The minimum Gasteiger partial charge on any atom is -0.361 e. The maximum absolute atomic E-state index is 13.3. The van der Waals surface area contributed by atoms with Gasteiger partial charge in [-0.1, -0.05) is 41.5 Å². The first-order chi connectivity index (χ1) is 17.9. The van der Waals surface area contributed by atoms with Crippen molar-refractivity contribution in [2.45, 2.75) is 97.1 Å². The van der Waals surface area contributed by atoms with E-state index in [1.165, 1.54) is 43.3 Å². The maximum atomic E-state index is 13.3. The smallest absolute Gasteiger partial charge is 0.227 e. The fraction of sp³-hybridized carbons (Fsp3) is 0.606. The van der Waals surface area contributed by atoms with E-state index in [9.17, 15) is 4.79 Å². The Balaban J connectivity index is 1.24. The van der Waals surface area contributed by atoms with Crippen molar-refractivity contribution in [1.29, 1.82) is 0 Å². The second kappa shape index (κ2) is 11.6. The third-order valence-electron chi connectivity index (χ3n) is 9.50. The second-order valence-electron chi connectivity index (χ2n) is 12.7. The standard InChI is InChI=1S/C33H47N3O/c1-21(2)8-7-9-22(3)12-13-28(36-32-26-15-24-14-25(17-26)18-27(32)16-24)19-35-33(37)23(4)30-20-34-31-11-6-5-10-29(30)31/h5-6,8,10-12,20,23-28,32,34,36H,7,9,13-19H2,1-4H3,(H,35,37)/b22-12+. The van der Waals surface area contributed by atoms with E-state index in [1.54, 1.807) is 0 Å². The lowest BCUT2D eigenvalue weighted by molar-refractivity contribution is -0.122. The Bertz CT molecular complexity index is 1110. The molecule has 2 atom stereocenters. The predicted octanol–water partition coefficient (Wildman–Crippen LogP) is 7.25. The van der Waals surface area contributed by atoms with Gasteiger partial charge in [0.15, 0.2) is 0 Å². The number of hydrogen-bond acceptors (Lipinski definition) is 2. The van der Waals surface area contributed by atoms with Crippen LogP contribution in [0.15, 0.2) is 53.8 Å². The van der Waals surface area contributed by atoms with Crippen LogP contribution in [0.1, 0.15) is 90.5 Å². The highest BCUT2D eigenvalue weighted by molar-refractivity contribution is 5.91. The summed E-state index contributed by atoms with van der Waals surface area (Å²) < 4.78 is 0. The van der Waals surface area contributed by atoms with E-state index in [-0.39, 0.29) is 17.9 Å². The summed E-state index contributed by atoms with van der Waals surface area (Å²) in [5.74, 6) is 3.57. The van der Waals surface area contributed by atoms with Crippen molar-refractivity contribution < 1.29 is 4.79 Å². The molecule has 1 aromatic carbocycles. The van der Waals surface area contributed by atoms with Crippen molar-refractivity contribution in [2.75, 3.05) is 6.54 Å². The lowest BCUT2D eigenvalue weighted by atomic mass is 9.54. The molecule has 4 aliphatic rings. The maximum Gasteiger partial charge on any atom is 0.227 e. The van der Waals surface area contributed by atoms with Crippen molar-refractivity contribution in [3.05, 3.63) is 59.3 Å². The van der Waals surface area contributed by atoms with Gasteiger partial charge in [0, 0.05) is 35.7 Å². The first kappa shape index (κ1) is 26.3. The first-order valence-electron chi connectivity index (χ1n) is 14.8. The number of para-hydroxylation sites is 1. The van der Waals surface area contributed by atoms with E-state index in [0.717, 1.165) is 59.4 Å². The fourth-order valence-electron chi connectivity index (χ4n) is 7.68. The number of H-pyrrole nitrogens is 1. The van der Waals surface area contributed by atoms with Gasteiger partial charge in [-0.05, 0) is 114 Å². The molecule has 6 rings (SSSR count). The lowest BCUT2D eigenvalue weighted by Crippen LogP contribution is -2.58. The van der Waals surface area contributed by atoms with Crippen LogP contribution in [0, 0.1) is 23.7 Å². The minimum absolute atomic E-state index is 0.117. The van der Waals surface area contributed by atoms with Gasteiger partial charge in [0.1, 0.15) is 0 Å². The van der Waals surface area contributed by atoms with E-state index in [4.69, 9.17) is 0 Å². The molecular formula is C33H47N3O. The molecule has 4 aliphatic carbocycles. The average Bonchev–Trinajstić information content (AvgIpc) is 3.30. The topological polar surface area (TPSA) is 56.9 Å². The van der Waals surface area contributed by atoms with Gasteiger partial charge in [0.25, 0.3) is 0 Å². The van der Waals surface area contributed by atoms with Gasteiger partial charge < -0.3 is 15.6 Å². The van der Waals surface area contributed by atoms with Gasteiger partial charge in [-0.3, -0.25) is 4.79 Å². The number of allylic oxidation sites excluding steroid dienone is 3. The Morgan fingerprint density at radius 3 is 2.43 bits per heavy atom. The van der Waals surface area contributed by atoms with Crippen LogP contribution in [-0.2, 0) is 4.79 Å². The van der Waals surface area contributed by atoms with Crippen LogP contribution in [0.25, 0.3) is 10.9 Å². The largest absolute Gasteiger partial charge is 0.361 e. The molecular weight excluding hydrogens is 454 g/mol. The minimum atomic E-state index is -0.181. The molecule has 4 saturated carbocycles. The van der Waals surface area contributed by atoms with Crippen LogP contribution in [0.2, 0.25) is 0 Å². The van der Waals surface area contributed by atoms with Gasteiger partial charge in [0.2, 0.25) is 5.91 Å². The summed E-state index contributed by atoms with van der Waals surface area (Å²) in [5.41, 5.74) is 5.01. The highest BCUT2D eigenvalue weighted by atomic mass is 16.1. The summed E-state index contributed by atoms with van der Waals surface area (Å²) in [6.07, 6.45) is 17.1. The summed E-state index contributed by atoms with van der Waals surface area (Å²) >= 11 is 0. The number of aromatic amines is 1. The van der Waals surface area contributed by atoms with Crippen molar-refractivity contribution in [3.63, 3.8) is 0 Å². The fourth-order valence-corrected chi connectivity index (χ4v) is 7.68. The highest BCUT2D eigenvalue weighted by Gasteiger charge is 2.48. The summed E-state index contributed by atoms with van der Waals surface area (Å²) in [4.78, 5) is 16.6. The van der Waals surface area contributed by atoms with Crippen molar-refractivity contribution in [2.24, 2.45) is 23.7 Å². The van der Waals surface area contributed by atoms with Crippen LogP contribution >= 0.6 is 0 Å². The van der Waals surface area contributed by atoms with Crippen LogP contribution in [0.5, 0.6) is 0 Å². The normalized spacial score (nSPS) is 28.3. The molecule has 4 heteroatoms. The van der Waals surface area contributed by atoms with Gasteiger partial charge >= 0.3 is 0 Å². The highest BCUT2D eigenvalue weighted by Crippen LogP contribution is 2.53. The second-order valence-corrected chi connectivity index (χ2v) is 12.7. The number of carbonyl (C=O) groups is 1. The van der Waals surface area contributed by atoms with E-state index in [2.05, 4.69) is 60.7 Å². The Morgan fingerprint density at radius 1 is 1.03 bits per heavy atom. The van der Waals surface area contributed by atoms with Gasteiger partial charge in [-0.25, -0.2) is 0 Å². The number of rotatable bonds is 11. The number of hydrogen-bond donors (Lipinski definition) is 3. The number of nitrogens with one attached hydrogen (secondary N) is 3. The third kappa shape index (κ3) is 6.22. The van der Waals surface area contributed by atoms with Crippen LogP contribution in [0.3, 0.4) is 0 Å². The SMILES string of the molecule is CC(C)=CCC/C(C)=C/CC(CNC(=O)C(C)c1c[nH]c2ccccc12)NC1C2CC3CC(C2)CC1C3. The third-order valence-corrected chi connectivity index (χ3v) is 9.50. The Hall–Kier alpha value is -2.33. The number of carbonyl (C=O) groups excluding carboxylic acids is 1. The predicted molar refractivity (Wildman–Crippen MR) is 155 cm³/mol. The van der Waals surface area contributed by atoms with Crippen LogP contribution in [-0.4, -0.2) is 29.5 Å². The number of fused-ring (bicyclic) bond motifs is 1. The summed E-state index contributed by atoms with van der Waals surface area (Å²) in [7, 11) is 0. The molecule has 37 heavy (non-hydrogen) atoms. The quantitative estimate of drug-likeness (QED) is 0.284. The Labute approximate surface area is 223 Å². The molecule has 200 valence electrons. The van der Waals surface area contributed by atoms with Crippen LogP contribution in [0.4, 0.5) is 0 Å². The Morgan fingerprint density at radius 2 is 1.73 bits per heavy atom. The Kier molecular flexibility index (Phi) is 8.24. The molecule has 2 unspecified atom stereocenters. The van der Waals surface area contributed by atoms with E-state index in [0.29, 0.717) is 12.6 Å². The summed E-state index contributed by atoms with van der Waals surface area (Å²) in [6.45, 7) is 9.31. The van der Waals surface area contributed by atoms with Crippen LogP contribution < -0.4 is 10.6 Å². The molecule has 4 fully saturated rings. The first-order valence-corrected chi connectivity index (χ1v) is 14.8. The van der Waals surface area contributed by atoms with Gasteiger partial charge in [-0.15, -0.1) is 0 Å². The van der Waals surface area contributed by atoms with E-state index >= 15 is 0 Å². The molecule has 4 nitrogen and oxygen atoms in total. The van der Waals surface area contributed by atoms with Crippen molar-refractivity contribution in [3.8, 4) is 0 Å². The van der Waals surface area contributed by atoms with E-state index < -0.39 is 0 Å². The zero-order valence-electron chi connectivity index (χ0n) is 23.4. The molecule has 0 spiro atoms. The molecule has 0 saturated heterocycles. The molecule has 0 radical (unpaired) electrons. The zero-order valence-corrected chi connectivity index (χ0v) is 23.4. The zero-order chi connectivity index (χ0) is 25.9. The van der Waals surface area contributed by atoms with Crippen molar-refractivity contribution >= 4 is 16.8 Å². The molecule has 2 aromatic rings. The molecule has 1 heterocycles. The summed E-state index contributed by atoms with van der Waals surface area (Å²) in [5, 5.41) is 8.59. The van der Waals surface area contributed by atoms with Gasteiger partial charge in [-0.2, -0.15) is 0 Å². The molecule has 4 bridgehead atoms. The number of aromatic nitrogens is 1. The monoisotopic (exact) mass is 501 g/mol. The van der Waals surface area contributed by atoms with Gasteiger partial charge in [0.05, 0.1) is 5.92 Å². The number of amides is 1. The van der Waals surface area contributed by atoms with Crippen molar-refractivity contribution in [1.82, 2.24) is 15.6 Å². The van der Waals surface area contributed by atoms with E-state index in [1.807, 2.05) is 25.3 Å². The molecule has 3 N–H and O–H groups in total. The molecule has 1 aromatic heterocycles.